The maximum absolute atomic E-state index is 12.5. The van der Waals surface area contributed by atoms with Gasteiger partial charge in [0.15, 0.2) is 0 Å². The third-order valence-electron chi connectivity index (χ3n) is 4.17. The van der Waals surface area contributed by atoms with Crippen molar-refractivity contribution in [2.75, 3.05) is 0 Å². The van der Waals surface area contributed by atoms with Gasteiger partial charge in [0.25, 0.3) is 5.91 Å². The largest absolute Gasteiger partial charge is 0.298 e. The van der Waals surface area contributed by atoms with Crippen LogP contribution in [0.5, 0.6) is 0 Å². The smallest absolute Gasteiger partial charge is 0.281 e. The molecule has 0 aliphatic heterocycles. The van der Waals surface area contributed by atoms with Crippen LogP contribution in [-0.4, -0.2) is 5.91 Å². The van der Waals surface area contributed by atoms with E-state index < -0.39 is 0 Å². The molecule has 0 atom stereocenters. The molecule has 5 heteroatoms. The standard InChI is InChI=1S/C21H21ClN2OS/c1-13(14-9-11-15(12-10-14)21(2,3)4)23-24-20(25)19-18(22)16-7-5-6-8-17(16)26-19/h5-12,23H,1H2,2-4H3,(H,24,25). The predicted molar refractivity (Wildman–Crippen MR) is 112 cm³/mol. The summed E-state index contributed by atoms with van der Waals surface area (Å²) in [5.74, 6) is -0.274. The zero-order valence-electron chi connectivity index (χ0n) is 15.0. The number of hydrazine groups is 1. The van der Waals surface area contributed by atoms with Crippen LogP contribution >= 0.6 is 22.9 Å². The second kappa shape index (κ2) is 7.14. The van der Waals surface area contributed by atoms with Crippen molar-refractivity contribution in [2.45, 2.75) is 26.2 Å². The monoisotopic (exact) mass is 384 g/mol. The second-order valence-corrected chi connectivity index (χ2v) is 8.56. The maximum Gasteiger partial charge on any atom is 0.281 e. The average molecular weight is 385 g/mol. The minimum atomic E-state index is -0.274. The fraction of sp³-hybridized carbons (Fsp3) is 0.190. The molecule has 3 nitrogen and oxygen atoms in total. The van der Waals surface area contributed by atoms with E-state index in [1.807, 2.05) is 36.4 Å². The van der Waals surface area contributed by atoms with Crippen molar-refractivity contribution in [3.8, 4) is 0 Å². The first-order valence-corrected chi connectivity index (χ1v) is 9.50. The van der Waals surface area contributed by atoms with Gasteiger partial charge in [-0.1, -0.05) is 81.4 Å². The fourth-order valence-electron chi connectivity index (χ4n) is 2.59. The Hall–Kier alpha value is -2.30. The molecule has 1 aromatic heterocycles. The summed E-state index contributed by atoms with van der Waals surface area (Å²) in [4.78, 5) is 13.0. The van der Waals surface area contributed by atoms with E-state index in [0.717, 1.165) is 15.6 Å². The van der Waals surface area contributed by atoms with Crippen LogP contribution in [-0.2, 0) is 5.41 Å². The number of halogens is 1. The SMILES string of the molecule is C=C(NNC(=O)c1sc2ccccc2c1Cl)c1ccc(C(C)(C)C)cc1. The molecule has 0 aliphatic carbocycles. The summed E-state index contributed by atoms with van der Waals surface area (Å²) < 4.78 is 0.985. The van der Waals surface area contributed by atoms with Gasteiger partial charge in [0.05, 0.1) is 10.7 Å². The molecule has 0 saturated carbocycles. The predicted octanol–water partition coefficient (Wildman–Crippen LogP) is 5.76. The number of carbonyl (C=O) groups is 1. The van der Waals surface area contributed by atoms with Gasteiger partial charge in [-0.05, 0) is 22.6 Å². The highest BCUT2D eigenvalue weighted by Crippen LogP contribution is 2.34. The summed E-state index contributed by atoms with van der Waals surface area (Å²) in [5, 5.41) is 1.37. The summed E-state index contributed by atoms with van der Waals surface area (Å²) in [5.41, 5.74) is 8.44. The van der Waals surface area contributed by atoms with Gasteiger partial charge in [0.2, 0.25) is 0 Å². The van der Waals surface area contributed by atoms with E-state index in [-0.39, 0.29) is 11.3 Å². The first-order chi connectivity index (χ1) is 12.3. The Balaban J connectivity index is 1.69. The van der Waals surface area contributed by atoms with Gasteiger partial charge in [-0.3, -0.25) is 15.6 Å². The maximum atomic E-state index is 12.5. The summed E-state index contributed by atoms with van der Waals surface area (Å²) in [6.07, 6.45) is 0. The lowest BCUT2D eigenvalue weighted by molar-refractivity contribution is 0.0947. The van der Waals surface area contributed by atoms with Crippen molar-refractivity contribution in [2.24, 2.45) is 0 Å². The number of hydrogen-bond donors (Lipinski definition) is 2. The Morgan fingerprint density at radius 1 is 1.04 bits per heavy atom. The Kier molecular flexibility index (Phi) is 5.08. The molecule has 134 valence electrons. The molecule has 0 saturated heterocycles. The highest BCUT2D eigenvalue weighted by atomic mass is 35.5. The topological polar surface area (TPSA) is 41.1 Å². The first-order valence-electron chi connectivity index (χ1n) is 8.30. The van der Waals surface area contributed by atoms with E-state index in [0.29, 0.717) is 15.6 Å². The third-order valence-corrected chi connectivity index (χ3v) is 5.84. The van der Waals surface area contributed by atoms with Crippen molar-refractivity contribution < 1.29 is 4.79 Å². The van der Waals surface area contributed by atoms with Crippen LogP contribution in [0.3, 0.4) is 0 Å². The first kappa shape index (κ1) is 18.5. The van der Waals surface area contributed by atoms with Crippen LogP contribution in [0.25, 0.3) is 15.8 Å². The minimum absolute atomic E-state index is 0.0967. The molecule has 0 fully saturated rings. The molecule has 26 heavy (non-hydrogen) atoms. The fourth-order valence-corrected chi connectivity index (χ4v) is 4.00. The highest BCUT2D eigenvalue weighted by Gasteiger charge is 2.17. The van der Waals surface area contributed by atoms with Gasteiger partial charge in [0, 0.05) is 10.1 Å². The molecule has 3 aromatic rings. The molecular weight excluding hydrogens is 364 g/mol. The number of rotatable bonds is 4. The van der Waals surface area contributed by atoms with Crippen molar-refractivity contribution >= 4 is 44.6 Å². The molecule has 1 amide bonds. The van der Waals surface area contributed by atoms with Crippen LogP contribution in [0.2, 0.25) is 5.02 Å². The van der Waals surface area contributed by atoms with Crippen molar-refractivity contribution in [3.05, 3.63) is 76.1 Å². The van der Waals surface area contributed by atoms with Crippen LogP contribution in [0.1, 0.15) is 41.6 Å². The molecule has 0 spiro atoms. The molecular formula is C21H21ClN2OS. The number of amides is 1. The average Bonchev–Trinajstić information content (AvgIpc) is 2.96. The molecule has 0 aliphatic rings. The normalized spacial score (nSPS) is 11.4. The molecule has 1 heterocycles. The van der Waals surface area contributed by atoms with Crippen molar-refractivity contribution in [3.63, 3.8) is 0 Å². The molecule has 2 aromatic carbocycles. The Morgan fingerprint density at radius 2 is 1.69 bits per heavy atom. The minimum Gasteiger partial charge on any atom is -0.298 e. The Bertz CT molecular complexity index is 968. The summed E-state index contributed by atoms with van der Waals surface area (Å²) >= 11 is 7.71. The zero-order valence-corrected chi connectivity index (χ0v) is 16.6. The lowest BCUT2D eigenvalue weighted by atomic mass is 9.86. The number of hydrogen-bond acceptors (Lipinski definition) is 3. The Morgan fingerprint density at radius 3 is 2.31 bits per heavy atom. The second-order valence-electron chi connectivity index (χ2n) is 7.13. The van der Waals surface area contributed by atoms with Crippen LogP contribution in [0.4, 0.5) is 0 Å². The molecule has 0 radical (unpaired) electrons. The molecule has 0 bridgehead atoms. The summed E-state index contributed by atoms with van der Waals surface area (Å²) in [6.45, 7) is 10.5. The van der Waals surface area contributed by atoms with Gasteiger partial charge in [-0.2, -0.15) is 0 Å². The van der Waals surface area contributed by atoms with Crippen molar-refractivity contribution in [1.29, 1.82) is 0 Å². The van der Waals surface area contributed by atoms with Gasteiger partial charge < -0.3 is 0 Å². The molecule has 3 rings (SSSR count). The van der Waals surface area contributed by atoms with E-state index in [2.05, 4.69) is 50.3 Å². The van der Waals surface area contributed by atoms with E-state index in [4.69, 9.17) is 11.6 Å². The van der Waals surface area contributed by atoms with E-state index in [9.17, 15) is 4.79 Å². The number of nitrogens with one attached hydrogen (secondary N) is 2. The third kappa shape index (κ3) is 3.76. The lowest BCUT2D eigenvalue weighted by Crippen LogP contribution is -2.35. The Labute approximate surface area is 162 Å². The molecule has 2 N–H and O–H groups in total. The molecule has 0 unspecified atom stereocenters. The van der Waals surface area contributed by atoms with E-state index >= 15 is 0 Å². The number of thiophene rings is 1. The summed E-state index contributed by atoms with van der Waals surface area (Å²) in [6, 6.07) is 15.8. The number of fused-ring (bicyclic) bond motifs is 1. The zero-order chi connectivity index (χ0) is 18.9. The lowest BCUT2D eigenvalue weighted by Gasteiger charge is -2.19. The van der Waals surface area contributed by atoms with Crippen LogP contribution in [0.15, 0.2) is 55.1 Å². The van der Waals surface area contributed by atoms with Gasteiger partial charge in [0.1, 0.15) is 4.88 Å². The quantitative estimate of drug-likeness (QED) is 0.561. The van der Waals surface area contributed by atoms with Gasteiger partial charge >= 0.3 is 0 Å². The van der Waals surface area contributed by atoms with Crippen LogP contribution < -0.4 is 10.9 Å². The van der Waals surface area contributed by atoms with Gasteiger partial charge in [-0.15, -0.1) is 11.3 Å². The number of benzene rings is 2. The van der Waals surface area contributed by atoms with Gasteiger partial charge in [-0.25, -0.2) is 0 Å². The van der Waals surface area contributed by atoms with Crippen molar-refractivity contribution in [1.82, 2.24) is 10.9 Å². The van der Waals surface area contributed by atoms with Crippen LogP contribution in [0, 0.1) is 0 Å². The van der Waals surface area contributed by atoms with E-state index in [1.54, 1.807) is 0 Å². The van der Waals surface area contributed by atoms with E-state index in [1.165, 1.54) is 16.9 Å². The highest BCUT2D eigenvalue weighted by molar-refractivity contribution is 7.21. The number of carbonyl (C=O) groups excluding carboxylic acids is 1. The summed E-state index contributed by atoms with van der Waals surface area (Å²) in [7, 11) is 0.